The van der Waals surface area contributed by atoms with Gasteiger partial charge in [0, 0.05) is 0 Å². The van der Waals surface area contributed by atoms with Gasteiger partial charge in [-0.1, -0.05) is 69.6 Å². The third-order valence-corrected chi connectivity index (χ3v) is 2.90. The highest BCUT2D eigenvalue weighted by Gasteiger charge is 1.87. The normalized spacial score (nSPS) is 11.6. The van der Waals surface area contributed by atoms with Crippen molar-refractivity contribution in [3.05, 3.63) is 37.0 Å². The smallest absolute Gasteiger partial charge is 0.0348 e. The van der Waals surface area contributed by atoms with Crippen molar-refractivity contribution in [1.29, 1.82) is 0 Å². The Balaban J connectivity index is 3.09. The lowest BCUT2D eigenvalue weighted by Crippen LogP contribution is -1.76. The zero-order valence-corrected chi connectivity index (χ0v) is 11.7. The Hall–Kier alpha value is -0.780. The number of rotatable bonds is 12. The molecule has 0 aromatic carbocycles. The van der Waals surface area contributed by atoms with Crippen LogP contribution in [0.5, 0.6) is 0 Å². The summed E-state index contributed by atoms with van der Waals surface area (Å²) >= 11 is 0. The number of hydrogen-bond donors (Lipinski definition) is 0. The molecule has 0 spiro atoms. The van der Waals surface area contributed by atoms with E-state index in [1.54, 1.807) is 0 Å². The summed E-state index contributed by atoms with van der Waals surface area (Å²) in [6.45, 7) is 5.93. The minimum Gasteiger partial charge on any atom is -0.0991 e. The first-order valence-electron chi connectivity index (χ1n) is 7.34. The molecule has 0 heterocycles. The van der Waals surface area contributed by atoms with Crippen LogP contribution in [-0.4, -0.2) is 0 Å². The maximum atomic E-state index is 3.66. The lowest BCUT2D eigenvalue weighted by molar-refractivity contribution is 0.636. The fourth-order valence-corrected chi connectivity index (χ4v) is 1.82. The molecule has 0 saturated heterocycles. The van der Waals surface area contributed by atoms with Crippen molar-refractivity contribution in [3.8, 4) is 0 Å². The van der Waals surface area contributed by atoms with Crippen LogP contribution in [0, 0.1) is 0 Å². The molecule has 0 amide bonds. The molecule has 0 aliphatic heterocycles. The van der Waals surface area contributed by atoms with Crippen molar-refractivity contribution in [2.75, 3.05) is 0 Å². The summed E-state index contributed by atoms with van der Waals surface area (Å²) in [5, 5.41) is 0. The van der Waals surface area contributed by atoms with Gasteiger partial charge in [-0.25, -0.2) is 0 Å². The molecule has 0 aromatic rings. The molecular weight excluding hydrogens is 204 g/mol. The predicted octanol–water partition coefficient (Wildman–Crippen LogP) is 6.21. The van der Waals surface area contributed by atoms with Crippen molar-refractivity contribution < 1.29 is 0 Å². The molecule has 17 heavy (non-hydrogen) atoms. The van der Waals surface area contributed by atoms with Gasteiger partial charge in [-0.2, -0.15) is 0 Å². The summed E-state index contributed by atoms with van der Waals surface area (Å²) in [6, 6.07) is 0. The topological polar surface area (TPSA) is 0 Å². The van der Waals surface area contributed by atoms with Crippen LogP contribution in [0.15, 0.2) is 37.0 Å². The van der Waals surface area contributed by atoms with E-state index in [-0.39, 0.29) is 0 Å². The molecule has 0 nitrogen and oxygen atoms in total. The maximum absolute atomic E-state index is 3.66. The second kappa shape index (κ2) is 15.2. The number of allylic oxidation sites excluding steroid dienone is 5. The first kappa shape index (κ1) is 16.2. The van der Waals surface area contributed by atoms with E-state index >= 15 is 0 Å². The molecule has 0 unspecified atom stereocenters. The molecule has 0 aliphatic rings. The zero-order valence-electron chi connectivity index (χ0n) is 11.7. The fourth-order valence-electron chi connectivity index (χ4n) is 1.82. The second-order valence-electron chi connectivity index (χ2n) is 4.62. The number of hydrogen-bond acceptors (Lipinski definition) is 0. The van der Waals surface area contributed by atoms with Crippen LogP contribution in [-0.2, 0) is 0 Å². The molecule has 98 valence electrons. The van der Waals surface area contributed by atoms with Gasteiger partial charge in [0.05, 0.1) is 0 Å². The van der Waals surface area contributed by atoms with E-state index in [0.717, 1.165) is 0 Å². The van der Waals surface area contributed by atoms with E-state index in [9.17, 15) is 0 Å². The second-order valence-corrected chi connectivity index (χ2v) is 4.62. The largest absolute Gasteiger partial charge is 0.0991 e. The number of unbranched alkanes of at least 4 members (excludes halogenated alkanes) is 8. The third-order valence-electron chi connectivity index (χ3n) is 2.90. The molecule has 0 N–H and O–H groups in total. The molecule has 0 aliphatic carbocycles. The van der Waals surface area contributed by atoms with Gasteiger partial charge < -0.3 is 0 Å². The van der Waals surface area contributed by atoms with E-state index < -0.39 is 0 Å². The summed E-state index contributed by atoms with van der Waals surface area (Å²) in [7, 11) is 0. The Morgan fingerprint density at radius 1 is 0.706 bits per heavy atom. The molecule has 0 rings (SSSR count). The Bertz CT molecular complexity index is 198. The van der Waals surface area contributed by atoms with Crippen LogP contribution in [0.4, 0.5) is 0 Å². The van der Waals surface area contributed by atoms with E-state index in [2.05, 4.69) is 31.7 Å². The average molecular weight is 234 g/mol. The molecule has 0 bridgehead atoms. The van der Waals surface area contributed by atoms with E-state index in [4.69, 9.17) is 0 Å². The van der Waals surface area contributed by atoms with Gasteiger partial charge in [0.15, 0.2) is 0 Å². The lowest BCUT2D eigenvalue weighted by atomic mass is 10.1. The van der Waals surface area contributed by atoms with Gasteiger partial charge in [0.1, 0.15) is 0 Å². The molecule has 0 atom stereocenters. The molecule has 0 radical (unpaired) electrons. The van der Waals surface area contributed by atoms with E-state index in [1.807, 2.05) is 12.2 Å². The van der Waals surface area contributed by atoms with Gasteiger partial charge >= 0.3 is 0 Å². The molecule has 0 aromatic heterocycles. The van der Waals surface area contributed by atoms with Gasteiger partial charge in [0.2, 0.25) is 0 Å². The van der Waals surface area contributed by atoms with Crippen LogP contribution >= 0.6 is 0 Å². The minimum atomic E-state index is 1.19. The standard InChI is InChI=1S/C17H30/c1-3-5-7-9-11-13-15-17-16-14-12-10-8-6-4-2/h3,5,7,16-17H,1,4,6,8-15H2,2H3. The van der Waals surface area contributed by atoms with Crippen molar-refractivity contribution in [2.45, 2.75) is 71.1 Å². The van der Waals surface area contributed by atoms with Crippen LogP contribution in [0.1, 0.15) is 71.1 Å². The van der Waals surface area contributed by atoms with Crippen molar-refractivity contribution in [2.24, 2.45) is 0 Å². The van der Waals surface area contributed by atoms with Gasteiger partial charge in [-0.3, -0.25) is 0 Å². The summed E-state index contributed by atoms with van der Waals surface area (Å²) in [5.41, 5.74) is 0. The summed E-state index contributed by atoms with van der Waals surface area (Å²) in [5.74, 6) is 0. The van der Waals surface area contributed by atoms with Crippen LogP contribution in [0.25, 0.3) is 0 Å². The van der Waals surface area contributed by atoms with E-state index in [0.29, 0.717) is 0 Å². The molecule has 0 fully saturated rings. The average Bonchev–Trinajstić information content (AvgIpc) is 2.35. The summed E-state index contributed by atoms with van der Waals surface area (Å²) < 4.78 is 0. The SMILES string of the molecule is C=CC=CCCCCC=CCCCCCCC. The Labute approximate surface area is 109 Å². The van der Waals surface area contributed by atoms with Gasteiger partial charge in [0.25, 0.3) is 0 Å². The Kier molecular flexibility index (Phi) is 14.5. The van der Waals surface area contributed by atoms with Crippen molar-refractivity contribution in [3.63, 3.8) is 0 Å². The quantitative estimate of drug-likeness (QED) is 0.214. The maximum Gasteiger partial charge on any atom is -0.0348 e. The van der Waals surface area contributed by atoms with Crippen LogP contribution in [0.3, 0.4) is 0 Å². The molecule has 0 saturated carbocycles. The monoisotopic (exact) mass is 234 g/mol. The Morgan fingerprint density at radius 3 is 1.82 bits per heavy atom. The Morgan fingerprint density at radius 2 is 1.24 bits per heavy atom. The van der Waals surface area contributed by atoms with Crippen molar-refractivity contribution >= 4 is 0 Å². The first-order chi connectivity index (χ1) is 8.41. The van der Waals surface area contributed by atoms with Crippen molar-refractivity contribution in [1.82, 2.24) is 0 Å². The highest BCUT2D eigenvalue weighted by atomic mass is 13.9. The van der Waals surface area contributed by atoms with Gasteiger partial charge in [-0.15, -0.1) is 0 Å². The highest BCUT2D eigenvalue weighted by Crippen LogP contribution is 2.06. The predicted molar refractivity (Wildman–Crippen MR) is 80.3 cm³/mol. The third kappa shape index (κ3) is 15.2. The molecular formula is C17H30. The highest BCUT2D eigenvalue weighted by molar-refractivity contribution is 4.96. The zero-order chi connectivity index (χ0) is 12.6. The van der Waals surface area contributed by atoms with Crippen LogP contribution in [0.2, 0.25) is 0 Å². The lowest BCUT2D eigenvalue weighted by Gasteiger charge is -1.96. The van der Waals surface area contributed by atoms with Gasteiger partial charge in [-0.05, 0) is 38.5 Å². The first-order valence-corrected chi connectivity index (χ1v) is 7.34. The fraction of sp³-hybridized carbons (Fsp3) is 0.647. The molecule has 0 heteroatoms. The minimum absolute atomic E-state index is 1.19. The van der Waals surface area contributed by atoms with E-state index in [1.165, 1.54) is 64.2 Å². The van der Waals surface area contributed by atoms with Crippen LogP contribution < -0.4 is 0 Å². The summed E-state index contributed by atoms with van der Waals surface area (Å²) in [6.07, 6.45) is 24.1. The summed E-state index contributed by atoms with van der Waals surface area (Å²) in [4.78, 5) is 0.